The summed E-state index contributed by atoms with van der Waals surface area (Å²) in [5.74, 6) is 5.87. The van der Waals surface area contributed by atoms with Gasteiger partial charge in [-0.15, -0.1) is 0 Å². The summed E-state index contributed by atoms with van der Waals surface area (Å²) in [5, 5.41) is 6.40. The van der Waals surface area contributed by atoms with Gasteiger partial charge >= 0.3 is 0 Å². The van der Waals surface area contributed by atoms with Crippen LogP contribution in [0.1, 0.15) is 0 Å². The molecule has 0 spiro atoms. The second-order valence-corrected chi connectivity index (χ2v) is 4.04. The molecule has 0 bridgehead atoms. The Kier molecular flexibility index (Phi) is 2.23. The largest absolute Gasteiger partial charge is 0.335 e. The summed E-state index contributed by atoms with van der Waals surface area (Å²) in [4.78, 5) is 18.9. The van der Waals surface area contributed by atoms with Gasteiger partial charge in [0, 0.05) is 0 Å². The molecule has 0 aliphatic carbocycles. The van der Waals surface area contributed by atoms with Crippen LogP contribution in [0.2, 0.25) is 0 Å². The SMILES string of the molecule is Nn1c(-c2nc3ccccc3[nH]c2=O)n[nH]c1=S. The Balaban J connectivity index is 2.36. The topological polar surface area (TPSA) is 105 Å². The Morgan fingerprint density at radius 3 is 2.83 bits per heavy atom. The minimum absolute atomic E-state index is 0.128. The second-order valence-electron chi connectivity index (χ2n) is 3.65. The third-order valence-corrected chi connectivity index (χ3v) is 2.80. The molecule has 0 fully saturated rings. The van der Waals surface area contributed by atoms with Crippen LogP contribution in [0.4, 0.5) is 0 Å². The maximum atomic E-state index is 11.9. The standard InChI is InChI=1S/C10H8N6OS/c11-16-8(14-15-10(16)18)7-9(17)13-6-4-2-1-3-5(6)12-7/h1-4H,11H2,(H,13,17)(H,15,18). The maximum Gasteiger partial charge on any atom is 0.278 e. The van der Waals surface area contributed by atoms with Crippen molar-refractivity contribution in [1.29, 1.82) is 0 Å². The van der Waals surface area contributed by atoms with Gasteiger partial charge in [0.25, 0.3) is 5.56 Å². The number of nitrogens with two attached hydrogens (primary N) is 1. The van der Waals surface area contributed by atoms with Crippen LogP contribution in [0.3, 0.4) is 0 Å². The number of nitrogen functional groups attached to an aromatic ring is 1. The van der Waals surface area contributed by atoms with Gasteiger partial charge in [-0.3, -0.25) is 4.79 Å². The normalized spacial score (nSPS) is 10.9. The first-order valence-electron chi connectivity index (χ1n) is 5.09. The summed E-state index contributed by atoms with van der Waals surface area (Å²) in [6.07, 6.45) is 0. The van der Waals surface area contributed by atoms with Gasteiger partial charge in [0.05, 0.1) is 11.0 Å². The van der Waals surface area contributed by atoms with Crippen LogP contribution in [0.15, 0.2) is 29.1 Å². The van der Waals surface area contributed by atoms with Crippen LogP contribution >= 0.6 is 12.2 Å². The highest BCUT2D eigenvalue weighted by molar-refractivity contribution is 7.71. The highest BCUT2D eigenvalue weighted by Gasteiger charge is 2.13. The minimum Gasteiger partial charge on any atom is -0.335 e. The number of nitrogens with one attached hydrogen (secondary N) is 2. The van der Waals surface area contributed by atoms with E-state index in [0.717, 1.165) is 4.68 Å². The number of aromatic amines is 2. The molecule has 0 amide bonds. The molecule has 0 saturated heterocycles. The number of fused-ring (bicyclic) bond motifs is 1. The number of hydrogen-bond donors (Lipinski definition) is 3. The first-order chi connectivity index (χ1) is 8.66. The molecule has 90 valence electrons. The summed E-state index contributed by atoms with van der Waals surface area (Å²) in [6.45, 7) is 0. The Labute approximate surface area is 105 Å². The number of hydrogen-bond acceptors (Lipinski definition) is 5. The lowest BCUT2D eigenvalue weighted by Crippen LogP contribution is -2.18. The number of para-hydroxylation sites is 2. The fourth-order valence-electron chi connectivity index (χ4n) is 1.65. The van der Waals surface area contributed by atoms with E-state index in [1.165, 1.54) is 0 Å². The number of rotatable bonds is 1. The fourth-order valence-corrected chi connectivity index (χ4v) is 1.78. The molecule has 2 heterocycles. The molecule has 3 aromatic rings. The lowest BCUT2D eigenvalue weighted by atomic mass is 10.3. The van der Waals surface area contributed by atoms with Crippen molar-refractivity contribution in [2.45, 2.75) is 0 Å². The monoisotopic (exact) mass is 260 g/mol. The number of H-pyrrole nitrogens is 2. The van der Waals surface area contributed by atoms with Gasteiger partial charge in [-0.05, 0) is 24.4 Å². The molecular formula is C10H8N6OS. The molecule has 0 unspecified atom stereocenters. The van der Waals surface area contributed by atoms with Crippen molar-refractivity contribution in [3.05, 3.63) is 39.4 Å². The third-order valence-electron chi connectivity index (χ3n) is 2.52. The van der Waals surface area contributed by atoms with Crippen LogP contribution in [-0.4, -0.2) is 24.8 Å². The van der Waals surface area contributed by atoms with Crippen LogP contribution in [-0.2, 0) is 0 Å². The lowest BCUT2D eigenvalue weighted by molar-refractivity contribution is 0.973. The molecule has 8 heteroatoms. The van der Waals surface area contributed by atoms with Crippen molar-refractivity contribution in [2.75, 3.05) is 5.84 Å². The molecule has 1 aromatic carbocycles. The zero-order chi connectivity index (χ0) is 12.7. The van der Waals surface area contributed by atoms with E-state index < -0.39 is 0 Å². The molecule has 0 aliphatic rings. The summed E-state index contributed by atoms with van der Waals surface area (Å²) in [5.41, 5.74) is 1.07. The molecule has 0 aliphatic heterocycles. The van der Waals surface area contributed by atoms with E-state index in [9.17, 15) is 4.79 Å². The molecular weight excluding hydrogens is 252 g/mol. The summed E-state index contributed by atoms with van der Waals surface area (Å²) in [6, 6.07) is 7.21. The average Bonchev–Trinajstić information content (AvgIpc) is 2.69. The zero-order valence-electron chi connectivity index (χ0n) is 9.04. The van der Waals surface area contributed by atoms with Crippen molar-refractivity contribution >= 4 is 23.3 Å². The molecule has 0 atom stereocenters. The average molecular weight is 260 g/mol. The smallest absolute Gasteiger partial charge is 0.278 e. The predicted octanol–water partition coefficient (Wildman–Crippen LogP) is 0.558. The zero-order valence-corrected chi connectivity index (χ0v) is 9.86. The second kappa shape index (κ2) is 3.77. The maximum absolute atomic E-state index is 11.9. The predicted molar refractivity (Wildman–Crippen MR) is 68.9 cm³/mol. The number of benzene rings is 1. The van der Waals surface area contributed by atoms with Crippen LogP contribution in [0, 0.1) is 4.77 Å². The van der Waals surface area contributed by atoms with E-state index in [2.05, 4.69) is 20.2 Å². The van der Waals surface area contributed by atoms with Crippen molar-refractivity contribution in [1.82, 2.24) is 24.8 Å². The third kappa shape index (κ3) is 1.51. The molecule has 0 saturated carbocycles. The van der Waals surface area contributed by atoms with Crippen LogP contribution < -0.4 is 11.4 Å². The molecule has 3 rings (SSSR count). The Bertz CT molecular complexity index is 845. The van der Waals surface area contributed by atoms with Crippen molar-refractivity contribution < 1.29 is 0 Å². The van der Waals surface area contributed by atoms with Gasteiger partial charge in [0.15, 0.2) is 5.69 Å². The molecule has 18 heavy (non-hydrogen) atoms. The van der Waals surface area contributed by atoms with E-state index in [1.807, 2.05) is 12.1 Å². The van der Waals surface area contributed by atoms with Crippen molar-refractivity contribution in [3.63, 3.8) is 0 Å². The molecule has 4 N–H and O–H groups in total. The van der Waals surface area contributed by atoms with Gasteiger partial charge in [-0.2, -0.15) is 5.10 Å². The summed E-state index contributed by atoms with van der Waals surface area (Å²) < 4.78 is 1.33. The minimum atomic E-state index is -0.366. The fraction of sp³-hybridized carbons (Fsp3) is 0. The van der Waals surface area contributed by atoms with Crippen LogP contribution in [0.25, 0.3) is 22.6 Å². The van der Waals surface area contributed by atoms with E-state index >= 15 is 0 Å². The molecule has 2 aromatic heterocycles. The quantitative estimate of drug-likeness (QED) is 0.438. The van der Waals surface area contributed by atoms with Gasteiger partial charge < -0.3 is 10.8 Å². The van der Waals surface area contributed by atoms with Crippen LogP contribution in [0.5, 0.6) is 0 Å². The number of aromatic nitrogens is 5. The Morgan fingerprint density at radius 1 is 1.33 bits per heavy atom. The van der Waals surface area contributed by atoms with E-state index in [0.29, 0.717) is 11.0 Å². The molecule has 7 nitrogen and oxygen atoms in total. The van der Waals surface area contributed by atoms with E-state index in [1.54, 1.807) is 12.1 Å². The van der Waals surface area contributed by atoms with Gasteiger partial charge in [0.1, 0.15) is 0 Å². The van der Waals surface area contributed by atoms with E-state index in [4.69, 9.17) is 18.1 Å². The van der Waals surface area contributed by atoms with Gasteiger partial charge in [-0.1, -0.05) is 12.1 Å². The lowest BCUT2D eigenvalue weighted by Gasteiger charge is -2.01. The first-order valence-corrected chi connectivity index (χ1v) is 5.49. The Hall–Kier alpha value is -2.48. The first kappa shape index (κ1) is 10.7. The Morgan fingerprint density at radius 2 is 2.11 bits per heavy atom. The highest BCUT2D eigenvalue weighted by atomic mass is 32.1. The van der Waals surface area contributed by atoms with E-state index in [-0.39, 0.29) is 21.8 Å². The van der Waals surface area contributed by atoms with Crippen molar-refractivity contribution in [3.8, 4) is 11.5 Å². The number of nitrogens with zero attached hydrogens (tertiary/aromatic N) is 3. The summed E-state index contributed by atoms with van der Waals surface area (Å²) >= 11 is 4.89. The van der Waals surface area contributed by atoms with Crippen molar-refractivity contribution in [2.24, 2.45) is 0 Å². The van der Waals surface area contributed by atoms with Gasteiger partial charge in [0.2, 0.25) is 10.6 Å². The summed E-state index contributed by atoms with van der Waals surface area (Å²) in [7, 11) is 0. The van der Waals surface area contributed by atoms with Gasteiger partial charge in [-0.25, -0.2) is 14.8 Å². The highest BCUT2D eigenvalue weighted by Crippen LogP contribution is 2.12. The molecule has 0 radical (unpaired) electrons.